The summed E-state index contributed by atoms with van der Waals surface area (Å²) in [5.41, 5.74) is 1.76. The number of hydrogen-bond acceptors (Lipinski definition) is 3. The van der Waals surface area contributed by atoms with Gasteiger partial charge in [-0.15, -0.1) is 0 Å². The topological polar surface area (TPSA) is 57.4 Å². The third-order valence-electron chi connectivity index (χ3n) is 6.02. The summed E-state index contributed by atoms with van der Waals surface area (Å²) in [6, 6.07) is 6.11. The average Bonchev–Trinajstić information content (AvgIpc) is 2.94. The van der Waals surface area contributed by atoms with E-state index < -0.39 is 0 Å². The molecule has 2 aromatic rings. The first kappa shape index (κ1) is 16.5. The van der Waals surface area contributed by atoms with E-state index in [0.717, 1.165) is 54.6 Å². The highest BCUT2D eigenvalue weighted by molar-refractivity contribution is 6.07. The number of amides is 1. The molecule has 2 fully saturated rings. The third-order valence-corrected chi connectivity index (χ3v) is 6.02. The van der Waals surface area contributed by atoms with Crippen LogP contribution in [-0.2, 0) is 0 Å². The van der Waals surface area contributed by atoms with Crippen molar-refractivity contribution in [2.75, 3.05) is 20.2 Å². The second-order valence-corrected chi connectivity index (χ2v) is 7.57. The standard InChI is InChI=1S/C20H27N3O2/c1-20-9-5-11-23(18(20)6-3-4-10-22-20)19(24)16-13-21-17-8-7-14(25-2)12-15(16)17/h7-8,12-13,18,21-22H,3-6,9-11H2,1-2H3/t18-,20-/m0/s1. The molecule has 2 aliphatic rings. The Balaban J connectivity index is 1.70. The van der Waals surface area contributed by atoms with E-state index in [2.05, 4.69) is 22.1 Å². The molecule has 0 saturated carbocycles. The predicted molar refractivity (Wildman–Crippen MR) is 99.2 cm³/mol. The first-order valence-corrected chi connectivity index (χ1v) is 9.33. The summed E-state index contributed by atoms with van der Waals surface area (Å²) in [6.07, 6.45) is 7.50. The summed E-state index contributed by atoms with van der Waals surface area (Å²) in [4.78, 5) is 18.8. The fourth-order valence-electron chi connectivity index (χ4n) is 4.60. The van der Waals surface area contributed by atoms with Crippen molar-refractivity contribution in [3.63, 3.8) is 0 Å². The highest BCUT2D eigenvalue weighted by Crippen LogP contribution is 2.35. The molecule has 134 valence electrons. The number of benzene rings is 1. The van der Waals surface area contributed by atoms with E-state index in [1.165, 1.54) is 12.8 Å². The SMILES string of the molecule is COc1ccc2[nH]cc(C(=O)N3CCC[C@]4(C)NCCCC[C@H]34)c2c1. The zero-order chi connectivity index (χ0) is 17.4. The van der Waals surface area contributed by atoms with E-state index in [1.54, 1.807) is 7.11 Å². The van der Waals surface area contributed by atoms with Gasteiger partial charge in [0.1, 0.15) is 5.75 Å². The smallest absolute Gasteiger partial charge is 0.256 e. The molecule has 0 radical (unpaired) electrons. The molecule has 2 N–H and O–H groups in total. The molecule has 0 spiro atoms. The van der Waals surface area contributed by atoms with Gasteiger partial charge in [-0.2, -0.15) is 0 Å². The Kier molecular flexibility index (Phi) is 4.20. The summed E-state index contributed by atoms with van der Waals surface area (Å²) in [5, 5.41) is 4.67. The highest BCUT2D eigenvalue weighted by atomic mass is 16.5. The summed E-state index contributed by atoms with van der Waals surface area (Å²) >= 11 is 0. The number of nitrogens with zero attached hydrogens (tertiary/aromatic N) is 1. The number of carbonyl (C=O) groups excluding carboxylic acids is 1. The lowest BCUT2D eigenvalue weighted by Crippen LogP contribution is -2.62. The van der Waals surface area contributed by atoms with Crippen LogP contribution < -0.4 is 10.1 Å². The molecular weight excluding hydrogens is 314 g/mol. The van der Waals surface area contributed by atoms with Crippen LogP contribution in [0.15, 0.2) is 24.4 Å². The molecule has 1 aromatic heterocycles. The van der Waals surface area contributed by atoms with Crippen LogP contribution in [-0.4, -0.2) is 47.6 Å². The number of nitrogens with one attached hydrogen (secondary N) is 2. The van der Waals surface area contributed by atoms with Crippen LogP contribution in [0.4, 0.5) is 0 Å². The number of hydrogen-bond donors (Lipinski definition) is 2. The molecule has 3 heterocycles. The molecule has 2 saturated heterocycles. The van der Waals surface area contributed by atoms with Gasteiger partial charge in [0, 0.05) is 35.2 Å². The van der Waals surface area contributed by atoms with E-state index in [-0.39, 0.29) is 17.5 Å². The van der Waals surface area contributed by atoms with Gasteiger partial charge in [-0.3, -0.25) is 4.79 Å². The van der Waals surface area contributed by atoms with Crippen molar-refractivity contribution in [1.29, 1.82) is 0 Å². The lowest BCUT2D eigenvalue weighted by molar-refractivity contribution is 0.0381. The van der Waals surface area contributed by atoms with Gasteiger partial charge in [0.2, 0.25) is 0 Å². The minimum Gasteiger partial charge on any atom is -0.497 e. The summed E-state index contributed by atoms with van der Waals surface area (Å²) in [5.74, 6) is 0.917. The summed E-state index contributed by atoms with van der Waals surface area (Å²) in [6.45, 7) is 4.19. The van der Waals surface area contributed by atoms with Gasteiger partial charge in [-0.05, 0) is 57.4 Å². The summed E-state index contributed by atoms with van der Waals surface area (Å²) in [7, 11) is 1.66. The maximum Gasteiger partial charge on any atom is 0.256 e. The van der Waals surface area contributed by atoms with E-state index >= 15 is 0 Å². The van der Waals surface area contributed by atoms with Crippen LogP contribution >= 0.6 is 0 Å². The Bertz CT molecular complexity index is 784. The fraction of sp³-hybridized carbons (Fsp3) is 0.550. The van der Waals surface area contributed by atoms with E-state index in [0.29, 0.717) is 0 Å². The zero-order valence-electron chi connectivity index (χ0n) is 15.1. The lowest BCUT2D eigenvalue weighted by Gasteiger charge is -2.48. The molecule has 5 nitrogen and oxygen atoms in total. The van der Waals surface area contributed by atoms with Crippen LogP contribution in [0.1, 0.15) is 49.4 Å². The largest absolute Gasteiger partial charge is 0.497 e. The lowest BCUT2D eigenvalue weighted by atomic mass is 9.81. The molecule has 0 aliphatic carbocycles. The number of fused-ring (bicyclic) bond motifs is 2. The number of aromatic amines is 1. The molecule has 0 bridgehead atoms. The Morgan fingerprint density at radius 3 is 3.04 bits per heavy atom. The number of methoxy groups -OCH3 is 1. The van der Waals surface area contributed by atoms with Gasteiger partial charge >= 0.3 is 0 Å². The Morgan fingerprint density at radius 1 is 1.32 bits per heavy atom. The number of aromatic nitrogens is 1. The monoisotopic (exact) mass is 341 g/mol. The number of ether oxygens (including phenoxy) is 1. The molecule has 1 amide bonds. The average molecular weight is 341 g/mol. The maximum absolute atomic E-state index is 13.4. The van der Waals surface area contributed by atoms with Crippen molar-refractivity contribution in [2.45, 2.75) is 50.6 Å². The molecule has 5 heteroatoms. The van der Waals surface area contributed by atoms with Crippen molar-refractivity contribution in [3.8, 4) is 5.75 Å². The van der Waals surface area contributed by atoms with Gasteiger partial charge in [-0.25, -0.2) is 0 Å². The van der Waals surface area contributed by atoms with Crippen molar-refractivity contribution in [2.24, 2.45) is 0 Å². The second kappa shape index (κ2) is 6.37. The molecule has 1 aromatic carbocycles. The van der Waals surface area contributed by atoms with Gasteiger partial charge in [-0.1, -0.05) is 6.42 Å². The Morgan fingerprint density at radius 2 is 2.20 bits per heavy atom. The molecule has 2 aliphatic heterocycles. The van der Waals surface area contributed by atoms with E-state index in [9.17, 15) is 4.79 Å². The van der Waals surface area contributed by atoms with E-state index in [4.69, 9.17) is 4.74 Å². The maximum atomic E-state index is 13.4. The number of rotatable bonds is 2. The van der Waals surface area contributed by atoms with Crippen LogP contribution in [0.5, 0.6) is 5.75 Å². The van der Waals surface area contributed by atoms with Crippen LogP contribution in [0.25, 0.3) is 10.9 Å². The van der Waals surface area contributed by atoms with Crippen molar-refractivity contribution >= 4 is 16.8 Å². The fourth-order valence-corrected chi connectivity index (χ4v) is 4.60. The van der Waals surface area contributed by atoms with Gasteiger partial charge < -0.3 is 19.9 Å². The summed E-state index contributed by atoms with van der Waals surface area (Å²) < 4.78 is 5.34. The van der Waals surface area contributed by atoms with Gasteiger partial charge in [0.15, 0.2) is 0 Å². The van der Waals surface area contributed by atoms with Gasteiger partial charge in [0.05, 0.1) is 12.7 Å². The third kappa shape index (κ3) is 2.80. The van der Waals surface area contributed by atoms with E-state index in [1.807, 2.05) is 24.4 Å². The molecular formula is C20H27N3O2. The molecule has 2 atom stereocenters. The number of carbonyl (C=O) groups is 1. The normalized spacial score (nSPS) is 27.0. The van der Waals surface area contributed by atoms with Crippen molar-refractivity contribution in [3.05, 3.63) is 30.0 Å². The highest BCUT2D eigenvalue weighted by Gasteiger charge is 2.43. The Labute approximate surface area is 148 Å². The first-order valence-electron chi connectivity index (χ1n) is 9.33. The van der Waals surface area contributed by atoms with Gasteiger partial charge in [0.25, 0.3) is 5.91 Å². The quantitative estimate of drug-likeness (QED) is 0.881. The second-order valence-electron chi connectivity index (χ2n) is 7.57. The Hall–Kier alpha value is -2.01. The zero-order valence-corrected chi connectivity index (χ0v) is 15.1. The van der Waals surface area contributed by atoms with Crippen LogP contribution in [0, 0.1) is 0 Å². The van der Waals surface area contributed by atoms with Crippen molar-refractivity contribution < 1.29 is 9.53 Å². The molecule has 25 heavy (non-hydrogen) atoms. The number of likely N-dealkylation sites (tertiary alicyclic amines) is 1. The minimum atomic E-state index is 0.0359. The first-order chi connectivity index (χ1) is 12.1. The number of piperidine rings is 1. The minimum absolute atomic E-state index is 0.0359. The predicted octanol–water partition coefficient (Wildman–Crippen LogP) is 3.31. The molecule has 0 unspecified atom stereocenters. The van der Waals surface area contributed by atoms with Crippen LogP contribution in [0.3, 0.4) is 0 Å². The van der Waals surface area contributed by atoms with Crippen molar-refractivity contribution in [1.82, 2.24) is 15.2 Å². The number of H-pyrrole nitrogens is 1. The van der Waals surface area contributed by atoms with Crippen LogP contribution in [0.2, 0.25) is 0 Å². The molecule has 4 rings (SSSR count).